The second-order valence-electron chi connectivity index (χ2n) is 4.28. The summed E-state index contributed by atoms with van der Waals surface area (Å²) in [6.45, 7) is 0.978. The first kappa shape index (κ1) is 14.9. The Kier molecular flexibility index (Phi) is 4.05. The van der Waals surface area contributed by atoms with Crippen LogP contribution < -0.4 is 10.2 Å². The first-order valence-electron chi connectivity index (χ1n) is 5.73. The van der Waals surface area contributed by atoms with E-state index in [0.717, 1.165) is 6.07 Å². The third-order valence-corrected chi connectivity index (χ3v) is 3.23. The summed E-state index contributed by atoms with van der Waals surface area (Å²) in [7, 11) is 0. The fourth-order valence-corrected chi connectivity index (χ4v) is 2.25. The van der Waals surface area contributed by atoms with Gasteiger partial charge in [-0.05, 0) is 6.07 Å². The van der Waals surface area contributed by atoms with Crippen molar-refractivity contribution in [1.29, 1.82) is 0 Å². The third-order valence-electron chi connectivity index (χ3n) is 2.95. The third kappa shape index (κ3) is 2.96. The molecule has 1 aromatic rings. The van der Waals surface area contributed by atoms with Crippen molar-refractivity contribution in [2.75, 3.05) is 24.5 Å². The minimum atomic E-state index is -4.54. The molecule has 0 bridgehead atoms. The highest BCUT2D eigenvalue weighted by atomic mass is 35.5. The number of aromatic nitrogens is 1. The number of nitrogens with zero attached hydrogens (tertiary/aromatic N) is 2. The Labute approximate surface area is 117 Å². The number of aliphatic carboxylic acids is 1. The number of halogens is 4. The van der Waals surface area contributed by atoms with Gasteiger partial charge < -0.3 is 15.3 Å². The van der Waals surface area contributed by atoms with Crippen molar-refractivity contribution in [1.82, 2.24) is 10.3 Å². The number of rotatable bonds is 2. The number of piperazine rings is 1. The molecule has 1 unspecified atom stereocenters. The Morgan fingerprint density at radius 2 is 2.25 bits per heavy atom. The molecular weight excluding hydrogens is 299 g/mol. The van der Waals surface area contributed by atoms with Crippen LogP contribution in [-0.4, -0.2) is 41.7 Å². The summed E-state index contributed by atoms with van der Waals surface area (Å²) in [5.41, 5.74) is -0.965. The topological polar surface area (TPSA) is 65.5 Å². The highest BCUT2D eigenvalue weighted by molar-refractivity contribution is 6.33. The fourth-order valence-electron chi connectivity index (χ4n) is 1.98. The Bertz CT molecular complexity index is 524. The highest BCUT2D eigenvalue weighted by Crippen LogP contribution is 2.34. The molecule has 1 fully saturated rings. The van der Waals surface area contributed by atoms with Gasteiger partial charge in [-0.2, -0.15) is 13.2 Å². The van der Waals surface area contributed by atoms with Gasteiger partial charge in [0, 0.05) is 25.8 Å². The fraction of sp³-hybridized carbons (Fsp3) is 0.455. The number of carboxylic acids is 1. The smallest absolute Gasteiger partial charge is 0.417 e. The molecule has 0 radical (unpaired) electrons. The van der Waals surface area contributed by atoms with E-state index in [-0.39, 0.29) is 17.4 Å². The predicted octanol–water partition coefficient (Wildman–Crippen LogP) is 1.62. The number of carbonyl (C=O) groups is 1. The zero-order valence-electron chi connectivity index (χ0n) is 10.1. The lowest BCUT2D eigenvalue weighted by molar-refractivity contribution is -0.139. The second-order valence-corrected chi connectivity index (χ2v) is 4.69. The van der Waals surface area contributed by atoms with Crippen LogP contribution in [-0.2, 0) is 11.0 Å². The van der Waals surface area contributed by atoms with Gasteiger partial charge in [0.25, 0.3) is 0 Å². The number of anilines is 1. The van der Waals surface area contributed by atoms with E-state index < -0.39 is 23.8 Å². The SMILES string of the molecule is O=C(O)C1CNCCN1c1ncc(C(F)(F)F)cc1Cl. The van der Waals surface area contributed by atoms with E-state index in [4.69, 9.17) is 16.7 Å². The van der Waals surface area contributed by atoms with Crippen LogP contribution in [0.5, 0.6) is 0 Å². The van der Waals surface area contributed by atoms with Gasteiger partial charge in [0.2, 0.25) is 0 Å². The Morgan fingerprint density at radius 1 is 1.55 bits per heavy atom. The van der Waals surface area contributed by atoms with Crippen LogP contribution in [0.25, 0.3) is 0 Å². The van der Waals surface area contributed by atoms with Crippen LogP contribution in [0.2, 0.25) is 5.02 Å². The summed E-state index contributed by atoms with van der Waals surface area (Å²) in [5.74, 6) is -1.04. The van der Waals surface area contributed by atoms with E-state index in [1.54, 1.807) is 0 Å². The molecular formula is C11H11ClF3N3O2. The lowest BCUT2D eigenvalue weighted by Gasteiger charge is -2.34. The van der Waals surface area contributed by atoms with Crippen molar-refractivity contribution in [2.45, 2.75) is 12.2 Å². The maximum absolute atomic E-state index is 12.5. The maximum Gasteiger partial charge on any atom is 0.417 e. The van der Waals surface area contributed by atoms with Crippen molar-refractivity contribution in [2.24, 2.45) is 0 Å². The van der Waals surface area contributed by atoms with Crippen LogP contribution in [0, 0.1) is 0 Å². The van der Waals surface area contributed by atoms with Crippen LogP contribution in [0.3, 0.4) is 0 Å². The minimum absolute atomic E-state index is 0.0496. The number of hydrogen-bond donors (Lipinski definition) is 2. The van der Waals surface area contributed by atoms with E-state index in [2.05, 4.69) is 10.3 Å². The number of alkyl halides is 3. The summed E-state index contributed by atoms with van der Waals surface area (Å²) in [6.07, 6.45) is -3.88. The van der Waals surface area contributed by atoms with Gasteiger partial charge >= 0.3 is 12.1 Å². The van der Waals surface area contributed by atoms with E-state index in [1.807, 2.05) is 0 Å². The Morgan fingerprint density at radius 3 is 2.80 bits per heavy atom. The van der Waals surface area contributed by atoms with Crippen LogP contribution >= 0.6 is 11.6 Å². The van der Waals surface area contributed by atoms with Gasteiger partial charge in [-0.15, -0.1) is 0 Å². The molecule has 0 saturated carbocycles. The number of nitrogens with one attached hydrogen (secondary N) is 1. The largest absolute Gasteiger partial charge is 0.480 e. The van der Waals surface area contributed by atoms with Crippen molar-refractivity contribution < 1.29 is 23.1 Å². The van der Waals surface area contributed by atoms with Crippen molar-refractivity contribution in [3.63, 3.8) is 0 Å². The monoisotopic (exact) mass is 309 g/mol. The predicted molar refractivity (Wildman–Crippen MR) is 65.9 cm³/mol. The molecule has 2 N–H and O–H groups in total. The van der Waals surface area contributed by atoms with E-state index in [1.165, 1.54) is 4.90 Å². The normalized spacial score (nSPS) is 20.0. The lowest BCUT2D eigenvalue weighted by atomic mass is 10.2. The standard InChI is InChI=1S/C11H11ClF3N3O2/c12-7-3-6(11(13,14)15)4-17-9(7)18-2-1-16-5-8(18)10(19)20/h3-4,8,16H,1-2,5H2,(H,19,20). The summed E-state index contributed by atoms with van der Waals surface area (Å²) < 4.78 is 37.6. The average Bonchev–Trinajstić information content (AvgIpc) is 2.37. The average molecular weight is 310 g/mol. The van der Waals surface area contributed by atoms with Gasteiger partial charge in [-0.3, -0.25) is 0 Å². The summed E-state index contributed by atoms with van der Waals surface area (Å²) in [6, 6.07) is -0.157. The molecule has 2 heterocycles. The molecule has 110 valence electrons. The van der Waals surface area contributed by atoms with Crippen LogP contribution in [0.4, 0.5) is 19.0 Å². The first-order valence-corrected chi connectivity index (χ1v) is 6.11. The molecule has 0 amide bonds. The molecule has 20 heavy (non-hydrogen) atoms. The number of carboxylic acid groups (broad SMARTS) is 1. The minimum Gasteiger partial charge on any atom is -0.480 e. The Hall–Kier alpha value is -1.54. The summed E-state index contributed by atoms with van der Waals surface area (Å²) in [4.78, 5) is 16.2. The quantitative estimate of drug-likeness (QED) is 0.869. The van der Waals surface area contributed by atoms with Crippen molar-refractivity contribution in [3.8, 4) is 0 Å². The van der Waals surface area contributed by atoms with Gasteiger partial charge in [-0.1, -0.05) is 11.6 Å². The summed E-state index contributed by atoms with van der Waals surface area (Å²) >= 11 is 5.82. The zero-order chi connectivity index (χ0) is 14.9. The van der Waals surface area contributed by atoms with E-state index in [9.17, 15) is 18.0 Å². The highest BCUT2D eigenvalue weighted by Gasteiger charge is 2.34. The lowest BCUT2D eigenvalue weighted by Crippen LogP contribution is -2.55. The van der Waals surface area contributed by atoms with Gasteiger partial charge in [0.1, 0.15) is 11.9 Å². The molecule has 1 aliphatic heterocycles. The summed E-state index contributed by atoms with van der Waals surface area (Å²) in [5, 5.41) is 11.8. The molecule has 9 heteroatoms. The van der Waals surface area contributed by atoms with Crippen LogP contribution in [0.15, 0.2) is 12.3 Å². The molecule has 1 atom stereocenters. The van der Waals surface area contributed by atoms with E-state index >= 15 is 0 Å². The molecule has 2 rings (SSSR count). The van der Waals surface area contributed by atoms with Crippen LogP contribution in [0.1, 0.15) is 5.56 Å². The van der Waals surface area contributed by atoms with Crippen molar-refractivity contribution in [3.05, 3.63) is 22.8 Å². The molecule has 1 aromatic heterocycles. The molecule has 1 aliphatic rings. The molecule has 0 aliphatic carbocycles. The van der Waals surface area contributed by atoms with Crippen molar-refractivity contribution >= 4 is 23.4 Å². The molecule has 5 nitrogen and oxygen atoms in total. The van der Waals surface area contributed by atoms with E-state index in [0.29, 0.717) is 19.3 Å². The molecule has 0 aromatic carbocycles. The second kappa shape index (κ2) is 5.45. The zero-order valence-corrected chi connectivity index (χ0v) is 10.9. The van der Waals surface area contributed by atoms with Gasteiger partial charge in [-0.25, -0.2) is 9.78 Å². The maximum atomic E-state index is 12.5. The number of pyridine rings is 1. The Balaban J connectivity index is 2.34. The van der Waals surface area contributed by atoms with Gasteiger partial charge in [0.05, 0.1) is 10.6 Å². The van der Waals surface area contributed by atoms with Gasteiger partial charge in [0.15, 0.2) is 0 Å². The first-order chi connectivity index (χ1) is 9.30. The molecule has 0 spiro atoms. The number of hydrogen-bond acceptors (Lipinski definition) is 4. The molecule has 1 saturated heterocycles.